The number of amides is 2. The predicted molar refractivity (Wildman–Crippen MR) is 91.8 cm³/mol. The monoisotopic (exact) mass is 421 g/mol. The van der Waals surface area contributed by atoms with Gasteiger partial charge in [0.05, 0.1) is 15.5 Å². The largest absolute Gasteiger partial charge is 0.417 e. The van der Waals surface area contributed by atoms with Crippen molar-refractivity contribution in [3.05, 3.63) is 62.1 Å². The van der Waals surface area contributed by atoms with E-state index in [1.54, 1.807) is 0 Å². The molecule has 142 valence electrons. The molecule has 2 N–H and O–H groups in total. The van der Waals surface area contributed by atoms with Gasteiger partial charge in [0.15, 0.2) is 0 Å². The zero-order valence-electron chi connectivity index (χ0n) is 12.9. The Labute approximate surface area is 159 Å². The number of nitro benzene ring substituents is 1. The Bertz CT molecular complexity index is 935. The van der Waals surface area contributed by atoms with E-state index in [9.17, 15) is 32.9 Å². The fraction of sp³-hybridized carbons (Fsp3) is 0.0667. The van der Waals surface area contributed by atoms with Crippen LogP contribution in [-0.4, -0.2) is 16.7 Å². The number of anilines is 2. The Hall–Kier alpha value is -2.85. The van der Waals surface area contributed by atoms with Gasteiger partial charge in [0.2, 0.25) is 0 Å². The Morgan fingerprint density at radius 3 is 1.89 bits per heavy atom. The van der Waals surface area contributed by atoms with Gasteiger partial charge in [-0.3, -0.25) is 19.7 Å². The van der Waals surface area contributed by atoms with Crippen LogP contribution in [0.4, 0.5) is 30.2 Å². The van der Waals surface area contributed by atoms with E-state index in [0.717, 1.165) is 24.3 Å². The summed E-state index contributed by atoms with van der Waals surface area (Å²) < 4.78 is 38.4. The molecule has 0 saturated carbocycles. The maximum atomic E-state index is 12.8. The molecule has 0 aromatic heterocycles. The standard InChI is InChI=1S/C15H8Cl2F3N3O4/c16-10-3-1-7(5-9(10)15(18,19)20)21-13(24)14(25)22-8-2-4-11(17)12(6-8)23(26)27/h1-6H,(H,21,24)(H,22,25). The molecule has 27 heavy (non-hydrogen) atoms. The molecule has 0 aliphatic rings. The van der Waals surface area contributed by atoms with Gasteiger partial charge < -0.3 is 10.6 Å². The third-order valence-corrected chi connectivity index (χ3v) is 3.79. The summed E-state index contributed by atoms with van der Waals surface area (Å²) in [6.45, 7) is 0. The zero-order valence-corrected chi connectivity index (χ0v) is 14.4. The maximum Gasteiger partial charge on any atom is 0.417 e. The number of carbonyl (C=O) groups is 2. The molecule has 2 aromatic rings. The number of alkyl halides is 3. The van der Waals surface area contributed by atoms with Gasteiger partial charge in [0, 0.05) is 17.4 Å². The highest BCUT2D eigenvalue weighted by Gasteiger charge is 2.33. The summed E-state index contributed by atoms with van der Waals surface area (Å²) in [5, 5.41) is 14.1. The van der Waals surface area contributed by atoms with E-state index in [4.69, 9.17) is 23.2 Å². The topological polar surface area (TPSA) is 101 Å². The lowest BCUT2D eigenvalue weighted by atomic mass is 10.2. The van der Waals surface area contributed by atoms with Crippen molar-refractivity contribution in [3.8, 4) is 0 Å². The van der Waals surface area contributed by atoms with E-state index < -0.39 is 39.2 Å². The number of nitro groups is 1. The minimum absolute atomic E-state index is 0.0988. The molecular weight excluding hydrogens is 414 g/mol. The molecule has 0 bridgehead atoms. The number of carbonyl (C=O) groups excluding carboxylic acids is 2. The molecule has 0 heterocycles. The number of benzene rings is 2. The molecular formula is C15H8Cl2F3N3O4. The highest BCUT2D eigenvalue weighted by atomic mass is 35.5. The quantitative estimate of drug-likeness (QED) is 0.432. The van der Waals surface area contributed by atoms with Crippen molar-refractivity contribution in [2.75, 3.05) is 10.6 Å². The molecule has 2 amide bonds. The number of nitrogens with one attached hydrogen (secondary N) is 2. The number of halogens is 5. The predicted octanol–water partition coefficient (Wildman–Crippen LogP) is 4.50. The van der Waals surface area contributed by atoms with Crippen LogP contribution in [0.2, 0.25) is 10.0 Å². The summed E-state index contributed by atoms with van der Waals surface area (Å²) in [6.07, 6.45) is -4.75. The van der Waals surface area contributed by atoms with Crippen LogP contribution in [0.1, 0.15) is 5.56 Å². The normalized spacial score (nSPS) is 11.0. The second kappa shape index (κ2) is 7.80. The van der Waals surface area contributed by atoms with Crippen LogP contribution in [-0.2, 0) is 15.8 Å². The van der Waals surface area contributed by atoms with E-state index in [1.165, 1.54) is 6.07 Å². The first-order chi connectivity index (χ1) is 12.5. The van der Waals surface area contributed by atoms with Gasteiger partial charge in [-0.15, -0.1) is 0 Å². The Morgan fingerprint density at radius 1 is 0.926 bits per heavy atom. The van der Waals surface area contributed by atoms with Crippen molar-refractivity contribution >= 4 is 52.1 Å². The van der Waals surface area contributed by atoms with Gasteiger partial charge in [-0.2, -0.15) is 13.2 Å². The van der Waals surface area contributed by atoms with Crippen LogP contribution in [0, 0.1) is 10.1 Å². The smallest absolute Gasteiger partial charge is 0.318 e. The van der Waals surface area contributed by atoms with Crippen molar-refractivity contribution in [2.24, 2.45) is 0 Å². The molecule has 0 aliphatic carbocycles. The van der Waals surface area contributed by atoms with E-state index in [-0.39, 0.29) is 16.4 Å². The molecule has 12 heteroatoms. The second-order valence-corrected chi connectivity index (χ2v) is 5.84. The lowest BCUT2D eigenvalue weighted by Gasteiger charge is -2.12. The van der Waals surface area contributed by atoms with Crippen LogP contribution in [0.3, 0.4) is 0 Å². The van der Waals surface area contributed by atoms with Gasteiger partial charge in [0.25, 0.3) is 5.69 Å². The minimum Gasteiger partial charge on any atom is -0.318 e. The fourth-order valence-corrected chi connectivity index (χ4v) is 2.34. The number of nitrogens with zero attached hydrogens (tertiary/aromatic N) is 1. The summed E-state index contributed by atoms with van der Waals surface area (Å²) >= 11 is 11.1. The van der Waals surface area contributed by atoms with Gasteiger partial charge >= 0.3 is 18.0 Å². The second-order valence-electron chi connectivity index (χ2n) is 5.02. The van der Waals surface area contributed by atoms with Crippen LogP contribution >= 0.6 is 23.2 Å². The third kappa shape index (κ3) is 5.08. The van der Waals surface area contributed by atoms with E-state index in [2.05, 4.69) is 5.32 Å². The average Bonchev–Trinajstić information content (AvgIpc) is 2.56. The van der Waals surface area contributed by atoms with Crippen LogP contribution in [0.25, 0.3) is 0 Å². The number of hydrogen-bond donors (Lipinski definition) is 2. The summed E-state index contributed by atoms with van der Waals surface area (Å²) in [5.74, 6) is -2.54. The maximum absolute atomic E-state index is 12.8. The zero-order chi connectivity index (χ0) is 20.4. The molecule has 2 rings (SSSR count). The van der Waals surface area contributed by atoms with Crippen molar-refractivity contribution in [1.29, 1.82) is 0 Å². The average molecular weight is 422 g/mol. The molecule has 2 aromatic carbocycles. The first kappa shape index (κ1) is 20.5. The summed E-state index contributed by atoms with van der Waals surface area (Å²) in [6, 6.07) is 5.85. The van der Waals surface area contributed by atoms with Gasteiger partial charge in [-0.25, -0.2) is 0 Å². The van der Waals surface area contributed by atoms with Gasteiger partial charge in [-0.05, 0) is 30.3 Å². The summed E-state index contributed by atoms with van der Waals surface area (Å²) in [5.41, 5.74) is -2.09. The Kier molecular flexibility index (Phi) is 5.91. The first-order valence-electron chi connectivity index (χ1n) is 6.92. The van der Waals surface area contributed by atoms with Gasteiger partial charge in [0.1, 0.15) is 5.02 Å². The van der Waals surface area contributed by atoms with Crippen molar-refractivity contribution in [1.82, 2.24) is 0 Å². The summed E-state index contributed by atoms with van der Waals surface area (Å²) in [4.78, 5) is 33.7. The van der Waals surface area contributed by atoms with E-state index in [0.29, 0.717) is 6.07 Å². The fourth-order valence-electron chi connectivity index (χ4n) is 1.93. The highest BCUT2D eigenvalue weighted by molar-refractivity contribution is 6.43. The van der Waals surface area contributed by atoms with Crippen LogP contribution in [0.15, 0.2) is 36.4 Å². The molecule has 0 radical (unpaired) electrons. The molecule has 0 saturated heterocycles. The van der Waals surface area contributed by atoms with Crippen molar-refractivity contribution < 1.29 is 27.7 Å². The summed E-state index contributed by atoms with van der Waals surface area (Å²) in [7, 11) is 0. The SMILES string of the molecule is O=C(Nc1ccc(Cl)c([N+](=O)[O-])c1)C(=O)Nc1ccc(Cl)c(C(F)(F)F)c1. The minimum atomic E-state index is -4.75. The Balaban J connectivity index is 2.14. The van der Waals surface area contributed by atoms with Crippen LogP contribution in [0.5, 0.6) is 0 Å². The number of rotatable bonds is 3. The lowest BCUT2D eigenvalue weighted by molar-refractivity contribution is -0.384. The molecule has 0 spiro atoms. The van der Waals surface area contributed by atoms with Gasteiger partial charge in [-0.1, -0.05) is 23.2 Å². The highest BCUT2D eigenvalue weighted by Crippen LogP contribution is 2.36. The molecule has 0 unspecified atom stereocenters. The molecule has 0 fully saturated rings. The molecule has 7 nitrogen and oxygen atoms in total. The first-order valence-corrected chi connectivity index (χ1v) is 7.67. The van der Waals surface area contributed by atoms with E-state index >= 15 is 0 Å². The Morgan fingerprint density at radius 2 is 1.41 bits per heavy atom. The molecule has 0 aliphatic heterocycles. The lowest BCUT2D eigenvalue weighted by Crippen LogP contribution is -2.29. The third-order valence-electron chi connectivity index (χ3n) is 3.14. The van der Waals surface area contributed by atoms with E-state index in [1.807, 2.05) is 5.32 Å². The van der Waals surface area contributed by atoms with Crippen LogP contribution < -0.4 is 10.6 Å². The van der Waals surface area contributed by atoms with Crippen molar-refractivity contribution in [3.63, 3.8) is 0 Å². The van der Waals surface area contributed by atoms with Crippen molar-refractivity contribution in [2.45, 2.75) is 6.18 Å². The molecule has 0 atom stereocenters. The number of hydrogen-bond acceptors (Lipinski definition) is 4.